The Bertz CT molecular complexity index is 546. The lowest BCUT2D eigenvalue weighted by molar-refractivity contribution is 0.312. The summed E-state index contributed by atoms with van der Waals surface area (Å²) in [6, 6.07) is 1.87. The quantitative estimate of drug-likeness (QED) is 0.870. The number of anilines is 2. The number of hydrogen-bond acceptors (Lipinski definition) is 6. The van der Waals surface area contributed by atoms with E-state index < -0.39 is 0 Å². The molecule has 0 bridgehead atoms. The minimum atomic E-state index is 0.483. The normalized spacial score (nSPS) is 16.8. The monoisotopic (exact) mass is 259 g/mol. The third-order valence-corrected chi connectivity index (χ3v) is 3.40. The summed E-state index contributed by atoms with van der Waals surface area (Å²) in [6.45, 7) is 3.86. The van der Waals surface area contributed by atoms with E-state index >= 15 is 0 Å². The van der Waals surface area contributed by atoms with E-state index in [0.29, 0.717) is 5.82 Å². The highest BCUT2D eigenvalue weighted by atomic mass is 16.3. The van der Waals surface area contributed by atoms with Crippen LogP contribution < -0.4 is 10.6 Å². The van der Waals surface area contributed by atoms with Crippen molar-refractivity contribution < 1.29 is 4.42 Å². The highest BCUT2D eigenvalue weighted by Gasteiger charge is 2.19. The number of piperazine rings is 1. The van der Waals surface area contributed by atoms with Crippen LogP contribution in [0.3, 0.4) is 0 Å². The number of likely N-dealkylation sites (N-methyl/N-ethyl adjacent to an activating group) is 1. The molecule has 3 rings (SSSR count). The number of aromatic nitrogens is 2. The minimum absolute atomic E-state index is 0.483. The molecular weight excluding hydrogens is 242 g/mol. The zero-order valence-corrected chi connectivity index (χ0v) is 10.9. The van der Waals surface area contributed by atoms with Gasteiger partial charge in [-0.1, -0.05) is 0 Å². The van der Waals surface area contributed by atoms with Crippen LogP contribution in [0.5, 0.6) is 0 Å². The second-order valence-electron chi connectivity index (χ2n) is 4.77. The maximum Gasteiger partial charge on any atom is 0.172 e. The van der Waals surface area contributed by atoms with Gasteiger partial charge in [0.1, 0.15) is 0 Å². The van der Waals surface area contributed by atoms with Crippen molar-refractivity contribution in [2.45, 2.75) is 0 Å². The van der Waals surface area contributed by atoms with Crippen molar-refractivity contribution in [2.75, 3.05) is 43.9 Å². The summed E-state index contributed by atoms with van der Waals surface area (Å²) in [5.74, 6) is 1.25. The molecule has 0 saturated carbocycles. The first kappa shape index (κ1) is 12.0. The fourth-order valence-corrected chi connectivity index (χ4v) is 2.19. The average Bonchev–Trinajstić information content (AvgIpc) is 2.94. The molecule has 19 heavy (non-hydrogen) atoms. The molecule has 2 aromatic heterocycles. The molecule has 0 amide bonds. The first-order valence-electron chi connectivity index (χ1n) is 6.32. The van der Waals surface area contributed by atoms with Gasteiger partial charge in [0, 0.05) is 31.7 Å². The summed E-state index contributed by atoms with van der Waals surface area (Å²) < 4.78 is 5.08. The van der Waals surface area contributed by atoms with Crippen LogP contribution in [-0.2, 0) is 0 Å². The van der Waals surface area contributed by atoms with E-state index in [1.165, 1.54) is 0 Å². The Morgan fingerprint density at radius 2 is 2.05 bits per heavy atom. The molecule has 6 nitrogen and oxygen atoms in total. The van der Waals surface area contributed by atoms with Crippen LogP contribution >= 0.6 is 0 Å². The smallest absolute Gasteiger partial charge is 0.172 e. The van der Waals surface area contributed by atoms with Gasteiger partial charge in [0.15, 0.2) is 11.6 Å². The number of rotatable bonds is 2. The van der Waals surface area contributed by atoms with E-state index in [4.69, 9.17) is 10.2 Å². The van der Waals surface area contributed by atoms with Gasteiger partial charge in [0.05, 0.1) is 24.4 Å². The van der Waals surface area contributed by atoms with Crippen LogP contribution in [-0.4, -0.2) is 48.1 Å². The van der Waals surface area contributed by atoms with Gasteiger partial charge in [-0.15, -0.1) is 0 Å². The summed E-state index contributed by atoms with van der Waals surface area (Å²) in [4.78, 5) is 13.3. The predicted molar refractivity (Wildman–Crippen MR) is 73.9 cm³/mol. The number of furan rings is 1. The number of nitrogens with two attached hydrogens (primary N) is 1. The topological polar surface area (TPSA) is 71.4 Å². The molecule has 1 aliphatic rings. The molecule has 0 spiro atoms. The molecule has 0 radical (unpaired) electrons. The maximum absolute atomic E-state index is 5.96. The summed E-state index contributed by atoms with van der Waals surface area (Å²) in [5.41, 5.74) is 7.66. The third-order valence-electron chi connectivity index (χ3n) is 3.40. The van der Waals surface area contributed by atoms with Gasteiger partial charge in [-0.2, -0.15) is 0 Å². The molecule has 2 aromatic rings. The Balaban J connectivity index is 1.90. The highest BCUT2D eigenvalue weighted by Crippen LogP contribution is 2.24. The van der Waals surface area contributed by atoms with Crippen LogP contribution in [0.25, 0.3) is 11.3 Å². The van der Waals surface area contributed by atoms with Crippen LogP contribution in [0.4, 0.5) is 11.6 Å². The molecule has 1 saturated heterocycles. The molecule has 1 fully saturated rings. The number of nitrogens with zero attached hydrogens (tertiary/aromatic N) is 4. The fraction of sp³-hybridized carbons (Fsp3) is 0.385. The standard InChI is InChI=1S/C13H17N5O/c1-17-3-5-18(6-4-17)13-12(14)15-8-11(16-13)10-2-7-19-9-10/h2,7-9H,3-6H2,1H3,(H2,14,15). The van der Waals surface area contributed by atoms with Crippen molar-refractivity contribution in [3.63, 3.8) is 0 Å². The molecule has 0 unspecified atom stereocenters. The molecule has 1 aliphatic heterocycles. The van der Waals surface area contributed by atoms with E-state index in [2.05, 4.69) is 26.8 Å². The lowest BCUT2D eigenvalue weighted by atomic mass is 10.2. The van der Waals surface area contributed by atoms with Crippen molar-refractivity contribution >= 4 is 11.6 Å². The first-order valence-corrected chi connectivity index (χ1v) is 6.32. The second kappa shape index (κ2) is 4.89. The van der Waals surface area contributed by atoms with Gasteiger partial charge in [0.2, 0.25) is 0 Å². The first-order chi connectivity index (χ1) is 9.24. The Hall–Kier alpha value is -2.08. The maximum atomic E-state index is 5.96. The molecule has 6 heteroatoms. The van der Waals surface area contributed by atoms with Crippen molar-refractivity contribution in [2.24, 2.45) is 0 Å². The van der Waals surface area contributed by atoms with Crippen LogP contribution in [0.1, 0.15) is 0 Å². The van der Waals surface area contributed by atoms with Gasteiger partial charge in [-0.3, -0.25) is 0 Å². The minimum Gasteiger partial charge on any atom is -0.472 e. The van der Waals surface area contributed by atoms with E-state index in [1.54, 1.807) is 18.7 Å². The molecule has 0 atom stereocenters. The highest BCUT2D eigenvalue weighted by molar-refractivity contribution is 5.65. The second-order valence-corrected chi connectivity index (χ2v) is 4.77. The van der Waals surface area contributed by atoms with Crippen molar-refractivity contribution in [3.05, 3.63) is 24.8 Å². The average molecular weight is 259 g/mol. The Morgan fingerprint density at radius 1 is 1.26 bits per heavy atom. The summed E-state index contributed by atoms with van der Waals surface area (Å²) in [7, 11) is 2.12. The molecule has 0 aromatic carbocycles. The molecule has 2 N–H and O–H groups in total. The third kappa shape index (κ3) is 2.39. The van der Waals surface area contributed by atoms with Gasteiger partial charge in [-0.25, -0.2) is 9.97 Å². The largest absolute Gasteiger partial charge is 0.472 e. The Kier molecular flexibility index (Phi) is 3.08. The van der Waals surface area contributed by atoms with E-state index in [-0.39, 0.29) is 0 Å². The van der Waals surface area contributed by atoms with Crippen molar-refractivity contribution in [1.82, 2.24) is 14.9 Å². The number of nitrogen functional groups attached to an aromatic ring is 1. The Labute approximate surface area is 111 Å². The van der Waals surface area contributed by atoms with Crippen LogP contribution in [0.15, 0.2) is 29.2 Å². The van der Waals surface area contributed by atoms with Crippen molar-refractivity contribution in [3.8, 4) is 11.3 Å². The zero-order valence-electron chi connectivity index (χ0n) is 10.9. The van der Waals surface area contributed by atoms with Crippen molar-refractivity contribution in [1.29, 1.82) is 0 Å². The Morgan fingerprint density at radius 3 is 2.74 bits per heavy atom. The van der Waals surface area contributed by atoms with Crippen LogP contribution in [0.2, 0.25) is 0 Å². The molecular formula is C13H17N5O. The van der Waals surface area contributed by atoms with Gasteiger partial charge < -0.3 is 20.0 Å². The summed E-state index contributed by atoms with van der Waals surface area (Å²) >= 11 is 0. The SMILES string of the molecule is CN1CCN(c2nc(-c3ccoc3)cnc2N)CC1. The molecule has 100 valence electrons. The number of hydrogen-bond donors (Lipinski definition) is 1. The van der Waals surface area contributed by atoms with Crippen LogP contribution in [0, 0.1) is 0 Å². The van der Waals surface area contributed by atoms with E-state index in [9.17, 15) is 0 Å². The fourth-order valence-electron chi connectivity index (χ4n) is 2.19. The predicted octanol–water partition coefficient (Wildman–Crippen LogP) is 1.07. The summed E-state index contributed by atoms with van der Waals surface area (Å²) in [5, 5.41) is 0. The lowest BCUT2D eigenvalue weighted by Gasteiger charge is -2.33. The van der Waals surface area contributed by atoms with E-state index in [1.807, 2.05) is 6.07 Å². The molecule has 0 aliphatic carbocycles. The molecule has 3 heterocycles. The van der Waals surface area contributed by atoms with Gasteiger partial charge in [0.25, 0.3) is 0 Å². The van der Waals surface area contributed by atoms with E-state index in [0.717, 1.165) is 43.3 Å². The summed E-state index contributed by atoms with van der Waals surface area (Å²) in [6.07, 6.45) is 4.97. The zero-order chi connectivity index (χ0) is 13.2. The van der Waals surface area contributed by atoms with Gasteiger partial charge >= 0.3 is 0 Å². The lowest BCUT2D eigenvalue weighted by Crippen LogP contribution is -2.45. The van der Waals surface area contributed by atoms with Gasteiger partial charge in [-0.05, 0) is 13.1 Å².